The number of unbranched alkanes of at least 4 members (excludes halogenated alkanes) is 1. The van der Waals surface area contributed by atoms with Crippen LogP contribution in [0, 0.1) is 0 Å². The summed E-state index contributed by atoms with van der Waals surface area (Å²) in [6, 6.07) is 1.57. The lowest BCUT2D eigenvalue weighted by atomic mass is 9.75. The predicted molar refractivity (Wildman–Crippen MR) is 160 cm³/mol. The lowest BCUT2D eigenvalue weighted by Gasteiger charge is -2.55. The number of hydrogen-bond acceptors (Lipinski definition) is 5. The highest BCUT2D eigenvalue weighted by Gasteiger charge is 2.47. The van der Waals surface area contributed by atoms with Crippen molar-refractivity contribution in [3.63, 3.8) is 0 Å². The number of nitrogens with zero attached hydrogens (tertiary/aromatic N) is 4. The molecular weight excluding hydrogens is 456 g/mol. The molecule has 0 spiro atoms. The first kappa shape index (κ1) is 31.3. The van der Waals surface area contributed by atoms with Gasteiger partial charge in [0, 0.05) is 36.3 Å². The molecule has 5 heteroatoms. The molecule has 0 aromatic heterocycles. The van der Waals surface area contributed by atoms with Crippen LogP contribution >= 0.6 is 0 Å². The van der Waals surface area contributed by atoms with Gasteiger partial charge in [0.25, 0.3) is 0 Å². The van der Waals surface area contributed by atoms with Crippen LogP contribution in [0.3, 0.4) is 0 Å². The zero-order chi connectivity index (χ0) is 26.7. The van der Waals surface area contributed by atoms with E-state index in [1.54, 1.807) is 0 Å². The van der Waals surface area contributed by atoms with Gasteiger partial charge in [0.15, 0.2) is 0 Å². The van der Waals surface area contributed by atoms with Crippen molar-refractivity contribution in [2.24, 2.45) is 0 Å². The predicted octanol–water partition coefficient (Wildman–Crippen LogP) is 6.27. The molecule has 0 amide bonds. The second kappa shape index (κ2) is 15.6. The van der Waals surface area contributed by atoms with E-state index < -0.39 is 0 Å². The second-order valence-electron chi connectivity index (χ2n) is 12.2. The maximum atomic E-state index is 5.52. The third-order valence-corrected chi connectivity index (χ3v) is 10.9. The van der Waals surface area contributed by atoms with Gasteiger partial charge in [-0.25, -0.2) is 0 Å². The monoisotopic (exact) mass is 521 g/mol. The van der Waals surface area contributed by atoms with E-state index in [1.165, 1.54) is 116 Å². The topological polar surface area (TPSA) is 22.2 Å². The average molecular weight is 521 g/mol. The molecule has 0 radical (unpaired) electrons. The van der Waals surface area contributed by atoms with Gasteiger partial charge in [0.2, 0.25) is 0 Å². The first-order valence-corrected chi connectivity index (χ1v) is 16.6. The highest BCUT2D eigenvalue weighted by molar-refractivity contribution is 5.04. The molecule has 0 aromatic rings. The highest BCUT2D eigenvalue weighted by atomic mass is 16.5. The van der Waals surface area contributed by atoms with Crippen LogP contribution in [-0.4, -0.2) is 108 Å². The van der Waals surface area contributed by atoms with Crippen LogP contribution in [0.2, 0.25) is 0 Å². The number of likely N-dealkylation sites (N-methyl/N-ethyl adjacent to an activating group) is 2. The molecule has 4 heterocycles. The molecule has 4 rings (SSSR count). The van der Waals surface area contributed by atoms with Crippen molar-refractivity contribution in [2.75, 3.05) is 65.6 Å². The smallest absolute Gasteiger partial charge is 0.0594 e. The molecule has 3 atom stereocenters. The first-order chi connectivity index (χ1) is 18.1. The lowest BCUT2D eigenvalue weighted by Crippen LogP contribution is -2.65. The van der Waals surface area contributed by atoms with E-state index in [4.69, 9.17) is 4.74 Å². The molecule has 0 saturated carbocycles. The van der Waals surface area contributed by atoms with Crippen molar-refractivity contribution < 1.29 is 4.74 Å². The third-order valence-electron chi connectivity index (χ3n) is 10.9. The van der Waals surface area contributed by atoms with E-state index in [9.17, 15) is 0 Å². The van der Waals surface area contributed by atoms with Gasteiger partial charge in [0.1, 0.15) is 0 Å². The summed E-state index contributed by atoms with van der Waals surface area (Å²) in [5.41, 5.74) is 0.887. The summed E-state index contributed by atoms with van der Waals surface area (Å²) in [5, 5.41) is 0. The van der Waals surface area contributed by atoms with Crippen molar-refractivity contribution in [3.05, 3.63) is 0 Å². The Bertz CT molecular complexity index is 614. The number of hydrogen-bond donors (Lipinski definition) is 0. The molecule has 218 valence electrons. The van der Waals surface area contributed by atoms with Gasteiger partial charge < -0.3 is 4.74 Å². The van der Waals surface area contributed by atoms with Gasteiger partial charge in [-0.2, -0.15) is 0 Å². The summed E-state index contributed by atoms with van der Waals surface area (Å²) in [7, 11) is 0. The summed E-state index contributed by atoms with van der Waals surface area (Å²) in [6.45, 7) is 26.1. The van der Waals surface area contributed by atoms with Crippen molar-refractivity contribution >= 4 is 0 Å². The fourth-order valence-corrected chi connectivity index (χ4v) is 8.90. The summed E-state index contributed by atoms with van der Waals surface area (Å²) >= 11 is 0. The fraction of sp³-hybridized carbons (Fsp3) is 1.00. The quantitative estimate of drug-likeness (QED) is 0.338. The van der Waals surface area contributed by atoms with Crippen LogP contribution in [0.15, 0.2) is 0 Å². The Hall–Kier alpha value is -0.200. The molecule has 0 N–H and O–H groups in total. The van der Waals surface area contributed by atoms with Crippen LogP contribution < -0.4 is 0 Å². The van der Waals surface area contributed by atoms with E-state index in [0.717, 1.165) is 38.4 Å². The third kappa shape index (κ3) is 6.93. The van der Waals surface area contributed by atoms with Gasteiger partial charge >= 0.3 is 0 Å². The first-order valence-electron chi connectivity index (χ1n) is 16.6. The Morgan fingerprint density at radius 3 is 1.57 bits per heavy atom. The van der Waals surface area contributed by atoms with Crippen LogP contribution in [-0.2, 0) is 4.74 Å². The van der Waals surface area contributed by atoms with Gasteiger partial charge in [-0.05, 0) is 103 Å². The maximum Gasteiger partial charge on any atom is 0.0594 e. The van der Waals surface area contributed by atoms with Crippen molar-refractivity contribution in [1.82, 2.24) is 19.6 Å². The van der Waals surface area contributed by atoms with Gasteiger partial charge in [0.05, 0.1) is 13.2 Å². The minimum absolute atomic E-state index is 0.407. The number of piperidine rings is 2. The van der Waals surface area contributed by atoms with Crippen LogP contribution in [0.1, 0.15) is 119 Å². The summed E-state index contributed by atoms with van der Waals surface area (Å²) in [6.07, 6.45) is 16.5. The average Bonchev–Trinajstić information content (AvgIpc) is 3.50. The van der Waals surface area contributed by atoms with Crippen LogP contribution in [0.5, 0.6) is 0 Å². The van der Waals surface area contributed by atoms with Crippen molar-refractivity contribution in [2.45, 2.75) is 142 Å². The molecule has 0 bridgehead atoms. The number of ether oxygens (including phenoxy) is 1. The second-order valence-corrected chi connectivity index (χ2v) is 12.2. The summed E-state index contributed by atoms with van der Waals surface area (Å²) < 4.78 is 5.52. The standard InChI is InChI=1S/C17H34N2.C15H30N2O/c1-4-7-12-17(5-2)16(18-13-8-9-14-18)11-10-15-19(17)6-3;1-4-15(5-2)14(8-7-9-17(15)6-3)16-10-12-18-13-11-16/h16H,4-15H2,1-3H3;14H,4-13H2,1-3H3. The number of rotatable bonds is 10. The Morgan fingerprint density at radius 2 is 1.08 bits per heavy atom. The largest absolute Gasteiger partial charge is 0.379 e. The zero-order valence-electron chi connectivity index (χ0n) is 25.9. The number of morpholine rings is 1. The fourth-order valence-electron chi connectivity index (χ4n) is 8.90. The van der Waals surface area contributed by atoms with Gasteiger partial charge in [-0.1, -0.05) is 54.4 Å². The molecule has 0 aliphatic carbocycles. The summed E-state index contributed by atoms with van der Waals surface area (Å²) in [5.74, 6) is 0. The molecule has 5 nitrogen and oxygen atoms in total. The Morgan fingerprint density at radius 1 is 0.595 bits per heavy atom. The molecule has 4 saturated heterocycles. The van der Waals surface area contributed by atoms with E-state index in [0.29, 0.717) is 11.1 Å². The molecule has 3 unspecified atom stereocenters. The molecule has 37 heavy (non-hydrogen) atoms. The zero-order valence-corrected chi connectivity index (χ0v) is 25.9. The van der Waals surface area contributed by atoms with Gasteiger partial charge in [-0.15, -0.1) is 0 Å². The summed E-state index contributed by atoms with van der Waals surface area (Å²) in [4.78, 5) is 11.1. The molecule has 4 aliphatic rings. The number of likely N-dealkylation sites (tertiary alicyclic amines) is 3. The highest BCUT2D eigenvalue weighted by Crippen LogP contribution is 2.40. The van der Waals surface area contributed by atoms with E-state index >= 15 is 0 Å². The molecule has 4 aliphatic heterocycles. The molecular formula is C32H64N4O. The lowest BCUT2D eigenvalue weighted by molar-refractivity contribution is -0.0728. The Balaban J connectivity index is 0.000000206. The van der Waals surface area contributed by atoms with Crippen molar-refractivity contribution in [1.29, 1.82) is 0 Å². The van der Waals surface area contributed by atoms with E-state index in [1.807, 2.05) is 0 Å². The van der Waals surface area contributed by atoms with E-state index in [2.05, 4.69) is 61.1 Å². The van der Waals surface area contributed by atoms with E-state index in [-0.39, 0.29) is 0 Å². The minimum atomic E-state index is 0.407. The van der Waals surface area contributed by atoms with Gasteiger partial charge in [-0.3, -0.25) is 19.6 Å². The van der Waals surface area contributed by atoms with Crippen LogP contribution in [0.4, 0.5) is 0 Å². The molecule has 0 aromatic carbocycles. The SMILES string of the molecule is CCCCC1(CC)C(N2CCCC2)CCCN1CC.CCN1CCCC(N2CCOCC2)C1(CC)CC. The van der Waals surface area contributed by atoms with Crippen molar-refractivity contribution in [3.8, 4) is 0 Å². The normalized spacial score (nSPS) is 32.3. The van der Waals surface area contributed by atoms with Crippen LogP contribution in [0.25, 0.3) is 0 Å². The Kier molecular flexibility index (Phi) is 13.2. The minimum Gasteiger partial charge on any atom is -0.379 e. The maximum absolute atomic E-state index is 5.52. The Labute approximate surface area is 231 Å². The molecule has 4 fully saturated rings.